The summed E-state index contributed by atoms with van der Waals surface area (Å²) in [6.07, 6.45) is 0. The van der Waals surface area contributed by atoms with Crippen LogP contribution in [-0.2, 0) is 14.9 Å². The second-order valence-electron chi connectivity index (χ2n) is 6.15. The van der Waals surface area contributed by atoms with Gasteiger partial charge in [-0.25, -0.2) is 13.8 Å². The molecule has 0 amide bonds. The maximum atomic E-state index is 14.4. The molecule has 0 N–H and O–H groups in total. The Morgan fingerprint density at radius 2 is 1.96 bits per heavy atom. The molecule has 8 heteroatoms. The second-order valence-corrected chi connectivity index (χ2v) is 6.55. The minimum atomic E-state index is -1.19. The topological polar surface area (TPSA) is 65.5 Å². The zero-order chi connectivity index (χ0) is 19.2. The standard InChI is InChI=1S/C18H14ClF2NO4/c1-8(23)14-5-10-16(26-7-18(10,2)17(24)25-3)15(22-14)9-4-11(19)13(21)6-12(9)20/h4-6H,7H2,1-3H3/t18-/m0/s1. The average molecular weight is 382 g/mol. The number of aromatic nitrogens is 1. The number of Topliss-reactive ketones (excluding diaryl/α,β-unsaturated/α-hetero) is 1. The summed E-state index contributed by atoms with van der Waals surface area (Å²) >= 11 is 5.77. The number of carbonyl (C=O) groups excluding carboxylic acids is 2. The molecule has 136 valence electrons. The Kier molecular flexibility index (Phi) is 4.44. The Morgan fingerprint density at radius 1 is 1.27 bits per heavy atom. The number of hydrogen-bond acceptors (Lipinski definition) is 5. The Morgan fingerprint density at radius 3 is 2.58 bits per heavy atom. The predicted octanol–water partition coefficient (Wildman–Crippen LogP) is 3.71. The van der Waals surface area contributed by atoms with Crippen LogP contribution in [0.3, 0.4) is 0 Å². The van der Waals surface area contributed by atoms with Crippen molar-refractivity contribution in [2.75, 3.05) is 13.7 Å². The van der Waals surface area contributed by atoms with E-state index in [4.69, 9.17) is 21.1 Å². The first-order chi connectivity index (χ1) is 12.2. The average Bonchev–Trinajstić information content (AvgIpc) is 2.95. The molecule has 2 aromatic rings. The molecule has 0 saturated heterocycles. The number of nitrogens with zero attached hydrogens (tertiary/aromatic N) is 1. The highest BCUT2D eigenvalue weighted by molar-refractivity contribution is 6.31. The molecule has 1 aromatic carbocycles. The number of benzene rings is 1. The van der Waals surface area contributed by atoms with E-state index in [-0.39, 0.29) is 40.1 Å². The number of fused-ring (bicyclic) bond motifs is 1. The Labute approximate surface area is 152 Å². The van der Waals surface area contributed by atoms with E-state index in [9.17, 15) is 18.4 Å². The van der Waals surface area contributed by atoms with Crippen LogP contribution in [0.5, 0.6) is 5.75 Å². The summed E-state index contributed by atoms with van der Waals surface area (Å²) in [5.74, 6) is -2.67. The number of rotatable bonds is 3. The quantitative estimate of drug-likeness (QED) is 0.460. The third-order valence-corrected chi connectivity index (χ3v) is 4.62. The van der Waals surface area contributed by atoms with Crippen molar-refractivity contribution in [1.82, 2.24) is 4.98 Å². The van der Waals surface area contributed by atoms with Crippen LogP contribution in [0.25, 0.3) is 11.3 Å². The summed E-state index contributed by atoms with van der Waals surface area (Å²) in [7, 11) is 1.24. The molecule has 2 heterocycles. The van der Waals surface area contributed by atoms with Crippen molar-refractivity contribution < 1.29 is 27.8 Å². The van der Waals surface area contributed by atoms with Crippen molar-refractivity contribution in [2.24, 2.45) is 0 Å². The lowest BCUT2D eigenvalue weighted by molar-refractivity contribution is -0.147. The first-order valence-electron chi connectivity index (χ1n) is 7.61. The van der Waals surface area contributed by atoms with E-state index in [1.165, 1.54) is 20.1 Å². The van der Waals surface area contributed by atoms with Gasteiger partial charge in [0.25, 0.3) is 0 Å². The van der Waals surface area contributed by atoms with Crippen LogP contribution in [0.1, 0.15) is 29.9 Å². The molecule has 0 radical (unpaired) electrons. The normalized spacial score (nSPS) is 18.2. The minimum absolute atomic E-state index is 0.0132. The third-order valence-electron chi connectivity index (χ3n) is 4.33. The van der Waals surface area contributed by atoms with Gasteiger partial charge in [-0.1, -0.05) is 11.6 Å². The summed E-state index contributed by atoms with van der Waals surface area (Å²) in [6.45, 7) is 2.81. The van der Waals surface area contributed by atoms with Gasteiger partial charge in [0, 0.05) is 24.1 Å². The van der Waals surface area contributed by atoms with Crippen LogP contribution in [0.4, 0.5) is 8.78 Å². The van der Waals surface area contributed by atoms with Crippen molar-refractivity contribution in [3.63, 3.8) is 0 Å². The van der Waals surface area contributed by atoms with Gasteiger partial charge in [0.15, 0.2) is 5.78 Å². The van der Waals surface area contributed by atoms with Gasteiger partial charge in [-0.3, -0.25) is 9.59 Å². The van der Waals surface area contributed by atoms with E-state index in [0.29, 0.717) is 11.6 Å². The number of ether oxygens (including phenoxy) is 2. The van der Waals surface area contributed by atoms with Gasteiger partial charge in [0.1, 0.15) is 40.8 Å². The molecule has 0 spiro atoms. The van der Waals surface area contributed by atoms with E-state index in [1.54, 1.807) is 6.92 Å². The highest BCUT2D eigenvalue weighted by Crippen LogP contribution is 2.45. The molecule has 0 bridgehead atoms. The molecule has 26 heavy (non-hydrogen) atoms. The van der Waals surface area contributed by atoms with E-state index >= 15 is 0 Å². The molecule has 1 aromatic heterocycles. The Balaban J connectivity index is 2.32. The number of methoxy groups -OCH3 is 1. The fourth-order valence-corrected chi connectivity index (χ4v) is 3.01. The summed E-state index contributed by atoms with van der Waals surface area (Å²) < 4.78 is 38.3. The van der Waals surface area contributed by atoms with Crippen LogP contribution in [0.15, 0.2) is 18.2 Å². The van der Waals surface area contributed by atoms with Crippen molar-refractivity contribution in [3.05, 3.63) is 46.1 Å². The SMILES string of the molecule is COC(=O)[C@@]1(C)COc2c1cc(C(C)=O)nc2-c1cc(Cl)c(F)cc1F. The van der Waals surface area contributed by atoms with E-state index < -0.39 is 23.0 Å². The van der Waals surface area contributed by atoms with Crippen LogP contribution in [0, 0.1) is 11.6 Å². The van der Waals surface area contributed by atoms with Gasteiger partial charge in [0.05, 0.1) is 12.1 Å². The first-order valence-corrected chi connectivity index (χ1v) is 7.99. The maximum Gasteiger partial charge on any atom is 0.319 e. The molecule has 1 atom stereocenters. The number of ketones is 1. The molecule has 1 aliphatic heterocycles. The highest BCUT2D eigenvalue weighted by Gasteiger charge is 2.46. The van der Waals surface area contributed by atoms with Gasteiger partial charge in [0.2, 0.25) is 0 Å². The fraction of sp³-hybridized carbons (Fsp3) is 0.278. The lowest BCUT2D eigenvalue weighted by Gasteiger charge is -2.19. The first kappa shape index (κ1) is 18.3. The van der Waals surface area contributed by atoms with Crippen molar-refractivity contribution >= 4 is 23.4 Å². The lowest BCUT2D eigenvalue weighted by Crippen LogP contribution is -2.35. The van der Waals surface area contributed by atoms with Crippen molar-refractivity contribution in [3.8, 4) is 17.0 Å². The Bertz CT molecular complexity index is 947. The smallest absolute Gasteiger partial charge is 0.319 e. The minimum Gasteiger partial charge on any atom is -0.489 e. The van der Waals surface area contributed by atoms with Crippen LogP contribution in [-0.4, -0.2) is 30.5 Å². The zero-order valence-electron chi connectivity index (χ0n) is 14.2. The molecule has 0 unspecified atom stereocenters. The molecular weight excluding hydrogens is 368 g/mol. The number of carbonyl (C=O) groups is 2. The monoisotopic (exact) mass is 381 g/mol. The fourth-order valence-electron chi connectivity index (χ4n) is 2.84. The second kappa shape index (κ2) is 6.32. The van der Waals surface area contributed by atoms with Crippen LogP contribution >= 0.6 is 11.6 Å². The number of halogens is 3. The number of hydrogen-bond donors (Lipinski definition) is 0. The van der Waals surface area contributed by atoms with Gasteiger partial charge in [-0.05, 0) is 19.1 Å². The summed E-state index contributed by atoms with van der Waals surface area (Å²) in [5.41, 5.74) is -0.991. The van der Waals surface area contributed by atoms with Gasteiger partial charge in [-0.15, -0.1) is 0 Å². The van der Waals surface area contributed by atoms with Crippen LogP contribution in [0.2, 0.25) is 5.02 Å². The Hall–Kier alpha value is -2.54. The molecule has 0 fully saturated rings. The van der Waals surface area contributed by atoms with E-state index in [0.717, 1.165) is 6.07 Å². The zero-order valence-corrected chi connectivity index (χ0v) is 14.9. The van der Waals surface area contributed by atoms with Gasteiger partial charge < -0.3 is 9.47 Å². The van der Waals surface area contributed by atoms with Gasteiger partial charge in [-0.2, -0.15) is 0 Å². The highest BCUT2D eigenvalue weighted by atomic mass is 35.5. The molecular formula is C18H14ClF2NO4. The summed E-state index contributed by atoms with van der Waals surface area (Å²) in [5, 5.41) is -0.307. The van der Waals surface area contributed by atoms with Crippen molar-refractivity contribution in [2.45, 2.75) is 19.3 Å². The number of pyridine rings is 1. The molecule has 0 aliphatic carbocycles. The lowest BCUT2D eigenvalue weighted by atomic mass is 9.83. The van der Waals surface area contributed by atoms with E-state index in [1.807, 2.05) is 0 Å². The summed E-state index contributed by atoms with van der Waals surface area (Å²) in [6, 6.07) is 3.12. The predicted molar refractivity (Wildman–Crippen MR) is 89.5 cm³/mol. The van der Waals surface area contributed by atoms with Gasteiger partial charge >= 0.3 is 5.97 Å². The molecule has 3 rings (SSSR count). The molecule has 1 aliphatic rings. The van der Waals surface area contributed by atoms with Crippen LogP contribution < -0.4 is 4.74 Å². The maximum absolute atomic E-state index is 14.4. The molecule has 0 saturated carbocycles. The number of esters is 1. The van der Waals surface area contributed by atoms with Crippen molar-refractivity contribution in [1.29, 1.82) is 0 Å². The van der Waals surface area contributed by atoms with E-state index in [2.05, 4.69) is 4.98 Å². The third kappa shape index (κ3) is 2.72. The molecule has 5 nitrogen and oxygen atoms in total. The summed E-state index contributed by atoms with van der Waals surface area (Å²) in [4.78, 5) is 28.3. The largest absolute Gasteiger partial charge is 0.489 e.